The minimum Gasteiger partial charge on any atom is -0.352 e. The average Bonchev–Trinajstić information content (AvgIpc) is 2.87. The molecule has 1 aromatic carbocycles. The molecule has 4 heteroatoms. The second kappa shape index (κ2) is 4.38. The molecular weight excluding hydrogens is 246 g/mol. The van der Waals surface area contributed by atoms with E-state index in [9.17, 15) is 9.59 Å². The third kappa shape index (κ3) is 1.84. The molecule has 18 heavy (non-hydrogen) atoms. The predicted molar refractivity (Wildman–Crippen MR) is 71.2 cm³/mol. The zero-order valence-corrected chi connectivity index (χ0v) is 10.4. The summed E-state index contributed by atoms with van der Waals surface area (Å²) in [6.07, 6.45) is 1.72. The molecule has 0 aliphatic carbocycles. The summed E-state index contributed by atoms with van der Waals surface area (Å²) in [5.41, 5.74) is 2.91. The molecule has 1 aliphatic heterocycles. The van der Waals surface area contributed by atoms with Crippen molar-refractivity contribution < 1.29 is 9.59 Å². The number of rotatable bonds is 2. The van der Waals surface area contributed by atoms with E-state index in [4.69, 9.17) is 0 Å². The Hall–Kier alpha value is -1.94. The first kappa shape index (κ1) is 11.2. The van der Waals surface area contributed by atoms with E-state index in [0.29, 0.717) is 6.54 Å². The van der Waals surface area contributed by atoms with Crippen molar-refractivity contribution in [2.24, 2.45) is 0 Å². The Morgan fingerprint density at radius 1 is 1.22 bits per heavy atom. The zero-order chi connectivity index (χ0) is 12.5. The average molecular weight is 257 g/mol. The monoisotopic (exact) mass is 257 g/mol. The van der Waals surface area contributed by atoms with Gasteiger partial charge in [-0.25, -0.2) is 0 Å². The van der Waals surface area contributed by atoms with Crippen molar-refractivity contribution in [3.8, 4) is 10.4 Å². The third-order valence-corrected chi connectivity index (χ3v) is 4.12. The molecule has 3 rings (SSSR count). The molecule has 2 heterocycles. The first-order valence-electron chi connectivity index (χ1n) is 5.74. The fourth-order valence-corrected chi connectivity index (χ4v) is 2.97. The van der Waals surface area contributed by atoms with Gasteiger partial charge in [-0.05, 0) is 41.8 Å². The van der Waals surface area contributed by atoms with Crippen LogP contribution in [0.2, 0.25) is 0 Å². The second-order valence-corrected chi connectivity index (χ2v) is 5.31. The number of hydrogen-bond donors (Lipinski definition) is 1. The Labute approximate surface area is 108 Å². The van der Waals surface area contributed by atoms with E-state index >= 15 is 0 Å². The van der Waals surface area contributed by atoms with E-state index in [1.807, 2.05) is 24.3 Å². The summed E-state index contributed by atoms with van der Waals surface area (Å²) in [5, 5.41) is 2.83. The van der Waals surface area contributed by atoms with Crippen molar-refractivity contribution in [2.45, 2.75) is 6.42 Å². The van der Waals surface area contributed by atoms with E-state index in [1.54, 1.807) is 0 Å². The molecule has 0 atom stereocenters. The molecular formula is C14H11NO2S. The number of thiophene rings is 1. The standard InChI is InChI=1S/C14H11NO2S/c16-8-11-2-4-13(18-11)10-1-3-12-9(7-10)5-6-15-14(12)17/h1-4,7-8H,5-6H2,(H,15,17). The van der Waals surface area contributed by atoms with Crippen LogP contribution >= 0.6 is 11.3 Å². The van der Waals surface area contributed by atoms with E-state index < -0.39 is 0 Å². The minimum atomic E-state index is 0.00237. The molecule has 1 aliphatic rings. The van der Waals surface area contributed by atoms with Crippen LogP contribution in [0.15, 0.2) is 30.3 Å². The van der Waals surface area contributed by atoms with Gasteiger partial charge in [0.15, 0.2) is 6.29 Å². The number of benzene rings is 1. The maximum absolute atomic E-state index is 11.6. The van der Waals surface area contributed by atoms with E-state index in [1.165, 1.54) is 11.3 Å². The molecule has 0 fully saturated rings. The lowest BCUT2D eigenvalue weighted by molar-refractivity contribution is 0.0945. The van der Waals surface area contributed by atoms with Crippen LogP contribution in [0.4, 0.5) is 0 Å². The van der Waals surface area contributed by atoms with Crippen molar-refractivity contribution in [2.75, 3.05) is 6.54 Å². The largest absolute Gasteiger partial charge is 0.352 e. The summed E-state index contributed by atoms with van der Waals surface area (Å²) in [6, 6.07) is 9.61. The number of fused-ring (bicyclic) bond motifs is 1. The van der Waals surface area contributed by atoms with Gasteiger partial charge >= 0.3 is 0 Å². The Morgan fingerprint density at radius 2 is 2.11 bits per heavy atom. The summed E-state index contributed by atoms with van der Waals surface area (Å²) < 4.78 is 0. The fourth-order valence-electron chi connectivity index (χ4n) is 2.15. The molecule has 0 unspecified atom stereocenters. The molecule has 0 saturated carbocycles. The molecule has 90 valence electrons. The van der Waals surface area contributed by atoms with Crippen LogP contribution in [0.3, 0.4) is 0 Å². The molecule has 1 aromatic heterocycles. The van der Waals surface area contributed by atoms with Crippen LogP contribution in [0.25, 0.3) is 10.4 Å². The Bertz CT molecular complexity index is 630. The van der Waals surface area contributed by atoms with Crippen LogP contribution in [-0.4, -0.2) is 18.7 Å². The van der Waals surface area contributed by atoms with Gasteiger partial charge in [-0.1, -0.05) is 6.07 Å². The summed E-state index contributed by atoms with van der Waals surface area (Å²) in [7, 11) is 0. The molecule has 0 spiro atoms. The molecule has 2 aromatic rings. The predicted octanol–water partition coefficient (Wildman–Crippen LogP) is 2.51. The highest BCUT2D eigenvalue weighted by molar-refractivity contribution is 7.17. The number of hydrogen-bond acceptors (Lipinski definition) is 3. The van der Waals surface area contributed by atoms with E-state index in [2.05, 4.69) is 11.4 Å². The normalized spacial score (nSPS) is 13.9. The first-order valence-corrected chi connectivity index (χ1v) is 6.56. The molecule has 1 amide bonds. The first-order chi connectivity index (χ1) is 8.78. The SMILES string of the molecule is O=Cc1ccc(-c2ccc3c(c2)CCNC3=O)s1. The van der Waals surface area contributed by atoms with Gasteiger partial charge in [0.25, 0.3) is 5.91 Å². The molecule has 0 bridgehead atoms. The molecule has 0 saturated heterocycles. The van der Waals surface area contributed by atoms with Gasteiger partial charge in [-0.15, -0.1) is 11.3 Å². The molecule has 3 nitrogen and oxygen atoms in total. The number of carbonyl (C=O) groups excluding carboxylic acids is 2. The van der Waals surface area contributed by atoms with Crippen molar-refractivity contribution in [1.82, 2.24) is 5.32 Å². The fraction of sp³-hybridized carbons (Fsp3) is 0.143. The van der Waals surface area contributed by atoms with Crippen molar-refractivity contribution in [3.63, 3.8) is 0 Å². The molecule has 0 radical (unpaired) electrons. The van der Waals surface area contributed by atoms with Crippen molar-refractivity contribution >= 4 is 23.5 Å². The zero-order valence-electron chi connectivity index (χ0n) is 9.60. The number of nitrogens with one attached hydrogen (secondary N) is 1. The lowest BCUT2D eigenvalue weighted by atomic mass is 9.97. The van der Waals surface area contributed by atoms with Crippen molar-refractivity contribution in [1.29, 1.82) is 0 Å². The number of carbonyl (C=O) groups is 2. The van der Waals surface area contributed by atoms with Crippen molar-refractivity contribution in [3.05, 3.63) is 46.3 Å². The lowest BCUT2D eigenvalue weighted by Gasteiger charge is -2.16. The maximum Gasteiger partial charge on any atom is 0.251 e. The van der Waals surface area contributed by atoms with Crippen LogP contribution < -0.4 is 5.32 Å². The van der Waals surface area contributed by atoms with Gasteiger partial charge in [0.05, 0.1) is 4.88 Å². The van der Waals surface area contributed by atoms with Crippen LogP contribution in [0, 0.1) is 0 Å². The van der Waals surface area contributed by atoms with E-state index in [0.717, 1.165) is 39.2 Å². The quantitative estimate of drug-likeness (QED) is 0.840. The van der Waals surface area contributed by atoms with Crippen LogP contribution in [0.1, 0.15) is 25.6 Å². The highest BCUT2D eigenvalue weighted by Crippen LogP contribution is 2.29. The van der Waals surface area contributed by atoms with Gasteiger partial charge in [-0.2, -0.15) is 0 Å². The minimum absolute atomic E-state index is 0.00237. The lowest BCUT2D eigenvalue weighted by Crippen LogP contribution is -2.31. The smallest absolute Gasteiger partial charge is 0.251 e. The number of aldehydes is 1. The number of amides is 1. The second-order valence-electron chi connectivity index (χ2n) is 4.20. The van der Waals surface area contributed by atoms with Crippen LogP contribution in [-0.2, 0) is 6.42 Å². The summed E-state index contributed by atoms with van der Waals surface area (Å²) in [5.74, 6) is 0.00237. The van der Waals surface area contributed by atoms with Crippen LogP contribution in [0.5, 0.6) is 0 Å². The Morgan fingerprint density at radius 3 is 2.89 bits per heavy atom. The topological polar surface area (TPSA) is 46.2 Å². The van der Waals surface area contributed by atoms with Gasteiger partial charge in [-0.3, -0.25) is 9.59 Å². The highest BCUT2D eigenvalue weighted by atomic mass is 32.1. The van der Waals surface area contributed by atoms with Gasteiger partial charge < -0.3 is 5.32 Å². The summed E-state index contributed by atoms with van der Waals surface area (Å²) in [6.45, 7) is 0.694. The van der Waals surface area contributed by atoms with Gasteiger partial charge in [0.2, 0.25) is 0 Å². The molecule has 1 N–H and O–H groups in total. The van der Waals surface area contributed by atoms with Gasteiger partial charge in [0, 0.05) is 17.0 Å². The summed E-state index contributed by atoms with van der Waals surface area (Å²) >= 11 is 1.47. The summed E-state index contributed by atoms with van der Waals surface area (Å²) in [4.78, 5) is 24.1. The highest BCUT2D eigenvalue weighted by Gasteiger charge is 2.17. The third-order valence-electron chi connectivity index (χ3n) is 3.06. The van der Waals surface area contributed by atoms with Gasteiger partial charge in [0.1, 0.15) is 0 Å². The Balaban J connectivity index is 2.04. The maximum atomic E-state index is 11.6. The Kier molecular flexibility index (Phi) is 2.72. The van der Waals surface area contributed by atoms with E-state index in [-0.39, 0.29) is 5.91 Å².